The molecule has 0 radical (unpaired) electrons. The van der Waals surface area contributed by atoms with Gasteiger partial charge in [0.1, 0.15) is 6.29 Å². The molecule has 5 nitrogen and oxygen atoms in total. The normalized spacial score (nSPS) is 11.4. The van der Waals surface area contributed by atoms with Gasteiger partial charge in [-0.1, -0.05) is 6.07 Å². The van der Waals surface area contributed by atoms with Crippen molar-refractivity contribution >= 4 is 19.0 Å². The fourth-order valence-electron chi connectivity index (χ4n) is 1.03. The van der Waals surface area contributed by atoms with Gasteiger partial charge in [-0.25, -0.2) is 0 Å². The predicted molar refractivity (Wildman–Crippen MR) is 56.1 cm³/mol. The molecule has 0 atom stereocenters. The smallest absolute Gasteiger partial charge is 0.344 e. The van der Waals surface area contributed by atoms with E-state index in [1.54, 1.807) is 12.1 Å². The lowest BCUT2D eigenvalue weighted by Gasteiger charge is -2.10. The molecule has 0 aliphatic carbocycles. The van der Waals surface area contributed by atoms with E-state index in [9.17, 15) is 4.57 Å². The Morgan fingerprint density at radius 1 is 1.50 bits per heavy atom. The van der Waals surface area contributed by atoms with Crippen LogP contribution < -0.4 is 11.1 Å². The van der Waals surface area contributed by atoms with Gasteiger partial charge in [0.2, 0.25) is 0 Å². The predicted octanol–water partition coefficient (Wildman–Crippen LogP) is 1.12. The minimum absolute atomic E-state index is 0.403. The first-order valence-electron chi connectivity index (χ1n) is 4.03. The van der Waals surface area contributed by atoms with Crippen molar-refractivity contribution < 1.29 is 14.4 Å². The van der Waals surface area contributed by atoms with Gasteiger partial charge >= 0.3 is 7.60 Å². The average Bonchev–Trinajstić information content (AvgIpc) is 2.00. The molecule has 0 saturated heterocycles. The van der Waals surface area contributed by atoms with E-state index in [1.165, 1.54) is 0 Å². The molecule has 0 unspecified atom stereocenters. The summed E-state index contributed by atoms with van der Waals surface area (Å²) in [5.41, 5.74) is 7.66. The van der Waals surface area contributed by atoms with Crippen LogP contribution in [0.3, 0.4) is 0 Å². The van der Waals surface area contributed by atoms with Crippen LogP contribution in [-0.4, -0.2) is 16.1 Å². The van der Waals surface area contributed by atoms with Gasteiger partial charge in [0.05, 0.1) is 11.4 Å². The number of rotatable bonds is 3. The highest BCUT2D eigenvalue weighted by atomic mass is 31.2. The first-order chi connectivity index (χ1) is 6.38. The van der Waals surface area contributed by atoms with Gasteiger partial charge in [-0.05, 0) is 24.6 Å². The number of anilines is 2. The highest BCUT2D eigenvalue weighted by Gasteiger charge is 2.12. The van der Waals surface area contributed by atoms with E-state index in [4.69, 9.17) is 15.5 Å². The van der Waals surface area contributed by atoms with E-state index in [0.717, 1.165) is 5.56 Å². The second-order valence-electron chi connectivity index (χ2n) is 3.09. The van der Waals surface area contributed by atoms with Crippen molar-refractivity contribution in [2.75, 3.05) is 17.3 Å². The minimum atomic E-state index is -4.03. The number of aryl methyl sites for hydroxylation is 1. The summed E-state index contributed by atoms with van der Waals surface area (Å²) in [7, 11) is -4.03. The molecule has 0 aliphatic rings. The van der Waals surface area contributed by atoms with E-state index < -0.39 is 13.9 Å². The topological polar surface area (TPSA) is 95.6 Å². The van der Waals surface area contributed by atoms with E-state index in [2.05, 4.69) is 5.32 Å². The van der Waals surface area contributed by atoms with Gasteiger partial charge in [0.15, 0.2) is 0 Å². The van der Waals surface area contributed by atoms with Gasteiger partial charge in [-0.15, -0.1) is 0 Å². The van der Waals surface area contributed by atoms with Crippen LogP contribution in [0.25, 0.3) is 0 Å². The van der Waals surface area contributed by atoms with Crippen LogP contribution in [-0.2, 0) is 4.57 Å². The Bertz CT molecular complexity index is 375. The van der Waals surface area contributed by atoms with Crippen LogP contribution in [0, 0.1) is 6.92 Å². The first-order valence-corrected chi connectivity index (χ1v) is 5.83. The summed E-state index contributed by atoms with van der Waals surface area (Å²) in [6, 6.07) is 5.25. The third-order valence-corrected chi connectivity index (χ3v) is 2.25. The van der Waals surface area contributed by atoms with Crippen molar-refractivity contribution in [1.82, 2.24) is 0 Å². The maximum absolute atomic E-state index is 10.6. The number of nitrogens with two attached hydrogens (primary N) is 1. The summed E-state index contributed by atoms with van der Waals surface area (Å²) in [5, 5.41) is 2.59. The molecule has 1 aromatic carbocycles. The summed E-state index contributed by atoms with van der Waals surface area (Å²) in [6.07, 6.45) is -0.403. The summed E-state index contributed by atoms with van der Waals surface area (Å²) in [5.74, 6) is 0. The Morgan fingerprint density at radius 2 is 2.14 bits per heavy atom. The minimum Gasteiger partial charge on any atom is -0.397 e. The molecule has 1 aromatic rings. The molecule has 5 N–H and O–H groups in total. The van der Waals surface area contributed by atoms with Crippen molar-refractivity contribution in [3.8, 4) is 0 Å². The second-order valence-corrected chi connectivity index (χ2v) is 4.74. The largest absolute Gasteiger partial charge is 0.397 e. The Balaban J connectivity index is 2.73. The number of hydrogen-bond acceptors (Lipinski definition) is 3. The van der Waals surface area contributed by atoms with Crippen LogP contribution in [0.15, 0.2) is 18.2 Å². The third-order valence-electron chi connectivity index (χ3n) is 1.68. The Morgan fingerprint density at radius 3 is 2.64 bits per heavy atom. The molecule has 0 saturated carbocycles. The maximum atomic E-state index is 10.6. The van der Waals surface area contributed by atoms with E-state index in [0.29, 0.717) is 11.4 Å². The summed E-state index contributed by atoms with van der Waals surface area (Å²) >= 11 is 0. The lowest BCUT2D eigenvalue weighted by atomic mass is 10.2. The zero-order chi connectivity index (χ0) is 10.8. The van der Waals surface area contributed by atoms with Crippen LogP contribution in [0.1, 0.15) is 5.56 Å². The van der Waals surface area contributed by atoms with Crippen LogP contribution in [0.4, 0.5) is 11.4 Å². The zero-order valence-electron chi connectivity index (χ0n) is 7.77. The average molecular weight is 216 g/mol. The molecule has 6 heteroatoms. The monoisotopic (exact) mass is 216 g/mol. The SMILES string of the molecule is Cc1ccc(NCP(=O)(O)O)c(N)c1. The molecule has 0 spiro atoms. The Kier molecular flexibility index (Phi) is 3.16. The van der Waals surface area contributed by atoms with E-state index >= 15 is 0 Å². The summed E-state index contributed by atoms with van der Waals surface area (Å²) in [4.78, 5) is 17.3. The van der Waals surface area contributed by atoms with Gasteiger partial charge < -0.3 is 20.8 Å². The van der Waals surface area contributed by atoms with Crippen LogP contribution in [0.5, 0.6) is 0 Å². The molecule has 0 aromatic heterocycles. The van der Waals surface area contributed by atoms with Gasteiger partial charge in [-0.3, -0.25) is 4.57 Å². The lowest BCUT2D eigenvalue weighted by Crippen LogP contribution is -2.04. The standard InChI is InChI=1S/C8H13N2O3P/c1-6-2-3-8(7(9)4-6)10-5-14(11,12)13/h2-4,10H,5,9H2,1H3,(H2,11,12,13). The molecular weight excluding hydrogens is 203 g/mol. The van der Waals surface area contributed by atoms with Crippen LogP contribution >= 0.6 is 7.60 Å². The van der Waals surface area contributed by atoms with Crippen molar-refractivity contribution in [2.24, 2.45) is 0 Å². The molecule has 0 bridgehead atoms. The highest BCUT2D eigenvalue weighted by molar-refractivity contribution is 7.51. The second kappa shape index (κ2) is 4.00. The molecule has 0 fully saturated rings. The summed E-state index contributed by atoms with van der Waals surface area (Å²) in [6.45, 7) is 1.89. The Hall–Kier alpha value is -1.03. The number of nitrogen functional groups attached to an aromatic ring is 1. The van der Waals surface area contributed by atoms with Gasteiger partial charge in [-0.2, -0.15) is 0 Å². The van der Waals surface area contributed by atoms with Crippen LogP contribution in [0.2, 0.25) is 0 Å². The quantitative estimate of drug-likeness (QED) is 0.448. The van der Waals surface area contributed by atoms with Crippen molar-refractivity contribution in [1.29, 1.82) is 0 Å². The number of nitrogens with one attached hydrogen (secondary N) is 1. The molecule has 0 amide bonds. The zero-order valence-corrected chi connectivity index (χ0v) is 8.66. The number of hydrogen-bond donors (Lipinski definition) is 4. The highest BCUT2D eigenvalue weighted by Crippen LogP contribution is 2.34. The molecular formula is C8H13N2O3P. The molecule has 1 rings (SSSR count). The molecule has 0 aliphatic heterocycles. The fourth-order valence-corrected chi connectivity index (χ4v) is 1.41. The number of benzene rings is 1. The summed E-state index contributed by atoms with van der Waals surface area (Å²) < 4.78 is 10.6. The maximum Gasteiger partial charge on any atom is 0.344 e. The molecule has 14 heavy (non-hydrogen) atoms. The molecule has 0 heterocycles. The van der Waals surface area contributed by atoms with Crippen molar-refractivity contribution in [3.63, 3.8) is 0 Å². The first kappa shape index (κ1) is 11.0. The van der Waals surface area contributed by atoms with E-state index in [1.807, 2.05) is 13.0 Å². The van der Waals surface area contributed by atoms with Gasteiger partial charge in [0.25, 0.3) is 0 Å². The molecule has 78 valence electrons. The third kappa shape index (κ3) is 3.38. The lowest BCUT2D eigenvalue weighted by molar-refractivity contribution is 0.375. The Labute approximate surface area is 82.1 Å². The fraction of sp³-hybridized carbons (Fsp3) is 0.250. The van der Waals surface area contributed by atoms with Crippen molar-refractivity contribution in [3.05, 3.63) is 23.8 Å². The van der Waals surface area contributed by atoms with E-state index in [-0.39, 0.29) is 0 Å². The van der Waals surface area contributed by atoms with Gasteiger partial charge in [0, 0.05) is 0 Å². The van der Waals surface area contributed by atoms with Crippen molar-refractivity contribution in [2.45, 2.75) is 6.92 Å².